The van der Waals surface area contributed by atoms with E-state index in [2.05, 4.69) is 12.2 Å². The molecule has 0 aromatic heterocycles. The zero-order valence-corrected chi connectivity index (χ0v) is 10.1. The first kappa shape index (κ1) is 12.9. The molecule has 90 valence electrons. The molecule has 2 unspecified atom stereocenters. The molecular formula is C12H25NO2. The quantitative estimate of drug-likeness (QED) is 0.543. The summed E-state index contributed by atoms with van der Waals surface area (Å²) in [4.78, 5) is 0. The van der Waals surface area contributed by atoms with E-state index >= 15 is 0 Å². The van der Waals surface area contributed by atoms with Crippen LogP contribution in [0.3, 0.4) is 0 Å². The van der Waals surface area contributed by atoms with Gasteiger partial charge < -0.3 is 14.8 Å². The van der Waals surface area contributed by atoms with E-state index < -0.39 is 0 Å². The maximum Gasteiger partial charge on any atom is 0.0729 e. The minimum Gasteiger partial charge on any atom is -0.382 e. The fourth-order valence-electron chi connectivity index (χ4n) is 2.25. The van der Waals surface area contributed by atoms with E-state index in [-0.39, 0.29) is 0 Å². The van der Waals surface area contributed by atoms with Crippen LogP contribution in [0.15, 0.2) is 0 Å². The summed E-state index contributed by atoms with van der Waals surface area (Å²) in [7, 11) is 1.72. The molecule has 0 bridgehead atoms. The number of nitrogens with one attached hydrogen (secondary N) is 1. The lowest BCUT2D eigenvalue weighted by molar-refractivity contribution is -0.00470. The third-order valence-electron chi connectivity index (χ3n) is 3.04. The Morgan fingerprint density at radius 1 is 1.13 bits per heavy atom. The highest BCUT2D eigenvalue weighted by Crippen LogP contribution is 2.20. The first-order chi connectivity index (χ1) is 7.38. The summed E-state index contributed by atoms with van der Waals surface area (Å²) < 4.78 is 10.9. The van der Waals surface area contributed by atoms with Gasteiger partial charge in [-0.3, -0.25) is 0 Å². The molecular weight excluding hydrogens is 190 g/mol. The smallest absolute Gasteiger partial charge is 0.0729 e. The van der Waals surface area contributed by atoms with Crippen LogP contribution in [0.4, 0.5) is 0 Å². The molecule has 15 heavy (non-hydrogen) atoms. The van der Waals surface area contributed by atoms with Gasteiger partial charge in [-0.05, 0) is 19.4 Å². The van der Waals surface area contributed by atoms with Crippen molar-refractivity contribution < 1.29 is 9.47 Å². The van der Waals surface area contributed by atoms with Gasteiger partial charge in [0.05, 0.1) is 19.3 Å². The highest BCUT2D eigenvalue weighted by Gasteiger charge is 2.23. The van der Waals surface area contributed by atoms with Crippen LogP contribution < -0.4 is 5.32 Å². The summed E-state index contributed by atoms with van der Waals surface area (Å²) in [6.07, 6.45) is 6.84. The molecule has 0 spiro atoms. The van der Waals surface area contributed by atoms with E-state index in [9.17, 15) is 0 Å². The number of hydrogen-bond acceptors (Lipinski definition) is 3. The molecule has 3 heteroatoms. The van der Waals surface area contributed by atoms with Crippen molar-refractivity contribution in [3.63, 3.8) is 0 Å². The predicted molar refractivity (Wildman–Crippen MR) is 62.2 cm³/mol. The highest BCUT2D eigenvalue weighted by molar-refractivity contribution is 4.79. The first-order valence-corrected chi connectivity index (χ1v) is 6.22. The molecule has 1 aliphatic rings. The van der Waals surface area contributed by atoms with Gasteiger partial charge in [-0.15, -0.1) is 0 Å². The van der Waals surface area contributed by atoms with Gasteiger partial charge in [-0.2, -0.15) is 0 Å². The van der Waals surface area contributed by atoms with Crippen LogP contribution in [-0.4, -0.2) is 39.0 Å². The minimum absolute atomic E-state index is 0.391. The molecule has 1 saturated carbocycles. The maximum atomic E-state index is 5.88. The molecule has 0 radical (unpaired) electrons. The molecule has 1 aliphatic carbocycles. The average Bonchev–Trinajstić information content (AvgIpc) is 2.45. The fraction of sp³-hybridized carbons (Fsp3) is 1.00. The molecule has 0 amide bonds. The second kappa shape index (κ2) is 8.08. The maximum absolute atomic E-state index is 5.88. The fourth-order valence-corrected chi connectivity index (χ4v) is 2.25. The molecule has 0 aliphatic heterocycles. The largest absolute Gasteiger partial charge is 0.382 e. The standard InChI is InChI=1S/C12H25NO2/c1-3-13-11-7-5-4-6-8-12(11)15-10-9-14-2/h11-13H,3-10H2,1-2H3. The third kappa shape index (κ3) is 4.96. The van der Waals surface area contributed by atoms with Gasteiger partial charge in [-0.1, -0.05) is 26.2 Å². The normalized spacial score (nSPS) is 27.6. The van der Waals surface area contributed by atoms with Crippen molar-refractivity contribution in [2.24, 2.45) is 0 Å². The lowest BCUT2D eigenvalue weighted by atomic mass is 10.1. The minimum atomic E-state index is 0.391. The Morgan fingerprint density at radius 2 is 1.93 bits per heavy atom. The van der Waals surface area contributed by atoms with Crippen LogP contribution in [0.1, 0.15) is 39.0 Å². The second-order valence-electron chi connectivity index (χ2n) is 4.20. The summed E-state index contributed by atoms with van der Waals surface area (Å²) in [6.45, 7) is 4.63. The van der Waals surface area contributed by atoms with Crippen molar-refractivity contribution in [1.82, 2.24) is 5.32 Å². The Balaban J connectivity index is 2.32. The molecule has 1 fully saturated rings. The van der Waals surface area contributed by atoms with Crippen molar-refractivity contribution in [3.8, 4) is 0 Å². The molecule has 3 nitrogen and oxygen atoms in total. The van der Waals surface area contributed by atoms with E-state index in [1.54, 1.807) is 7.11 Å². The van der Waals surface area contributed by atoms with E-state index in [1.807, 2.05) is 0 Å². The lowest BCUT2D eigenvalue weighted by Gasteiger charge is -2.26. The monoisotopic (exact) mass is 215 g/mol. The molecule has 0 aromatic carbocycles. The van der Waals surface area contributed by atoms with Crippen LogP contribution >= 0.6 is 0 Å². The molecule has 0 aromatic rings. The van der Waals surface area contributed by atoms with Gasteiger partial charge in [0, 0.05) is 13.2 Å². The Labute approximate surface area is 93.5 Å². The van der Waals surface area contributed by atoms with E-state index in [0.29, 0.717) is 18.8 Å². The van der Waals surface area contributed by atoms with Gasteiger partial charge in [-0.25, -0.2) is 0 Å². The average molecular weight is 215 g/mol. The molecule has 1 N–H and O–H groups in total. The van der Waals surface area contributed by atoms with E-state index in [4.69, 9.17) is 9.47 Å². The second-order valence-corrected chi connectivity index (χ2v) is 4.20. The number of ether oxygens (including phenoxy) is 2. The van der Waals surface area contributed by atoms with E-state index in [1.165, 1.54) is 32.1 Å². The number of hydrogen-bond donors (Lipinski definition) is 1. The molecule has 1 rings (SSSR count). The van der Waals surface area contributed by atoms with Crippen LogP contribution in [0.25, 0.3) is 0 Å². The molecule has 0 saturated heterocycles. The van der Waals surface area contributed by atoms with Crippen LogP contribution in [-0.2, 0) is 9.47 Å². The number of methoxy groups -OCH3 is 1. The summed E-state index contributed by atoms with van der Waals surface area (Å²) in [6, 6.07) is 0.550. The first-order valence-electron chi connectivity index (χ1n) is 6.22. The zero-order valence-electron chi connectivity index (χ0n) is 10.1. The van der Waals surface area contributed by atoms with Gasteiger partial charge in [0.2, 0.25) is 0 Å². The van der Waals surface area contributed by atoms with Crippen LogP contribution in [0.2, 0.25) is 0 Å². The van der Waals surface area contributed by atoms with Crippen LogP contribution in [0.5, 0.6) is 0 Å². The topological polar surface area (TPSA) is 30.5 Å². The van der Waals surface area contributed by atoms with Crippen molar-refractivity contribution in [1.29, 1.82) is 0 Å². The molecule has 0 heterocycles. The van der Waals surface area contributed by atoms with Crippen molar-refractivity contribution in [2.45, 2.75) is 51.2 Å². The summed E-state index contributed by atoms with van der Waals surface area (Å²) >= 11 is 0. The summed E-state index contributed by atoms with van der Waals surface area (Å²) in [5.41, 5.74) is 0. The van der Waals surface area contributed by atoms with Crippen LogP contribution in [0, 0.1) is 0 Å². The van der Waals surface area contributed by atoms with Crippen molar-refractivity contribution >= 4 is 0 Å². The van der Waals surface area contributed by atoms with Gasteiger partial charge in [0.1, 0.15) is 0 Å². The zero-order chi connectivity index (χ0) is 10.9. The number of likely N-dealkylation sites (N-methyl/N-ethyl adjacent to an activating group) is 1. The Hall–Kier alpha value is -0.120. The Bertz CT molecular complexity index is 153. The van der Waals surface area contributed by atoms with Crippen molar-refractivity contribution in [2.75, 3.05) is 26.9 Å². The molecule has 2 atom stereocenters. The van der Waals surface area contributed by atoms with Gasteiger partial charge >= 0.3 is 0 Å². The SMILES string of the molecule is CCNC1CCCCCC1OCCOC. The highest BCUT2D eigenvalue weighted by atomic mass is 16.5. The van der Waals surface area contributed by atoms with Gasteiger partial charge in [0.25, 0.3) is 0 Å². The van der Waals surface area contributed by atoms with Gasteiger partial charge in [0.15, 0.2) is 0 Å². The predicted octanol–water partition coefficient (Wildman–Crippen LogP) is 1.96. The Morgan fingerprint density at radius 3 is 2.67 bits per heavy atom. The Kier molecular flexibility index (Phi) is 6.98. The summed E-state index contributed by atoms with van der Waals surface area (Å²) in [5, 5.41) is 3.54. The number of rotatable bonds is 6. The summed E-state index contributed by atoms with van der Waals surface area (Å²) in [5.74, 6) is 0. The van der Waals surface area contributed by atoms with E-state index in [0.717, 1.165) is 13.2 Å². The lowest BCUT2D eigenvalue weighted by Crippen LogP contribution is -2.41. The third-order valence-corrected chi connectivity index (χ3v) is 3.04. The van der Waals surface area contributed by atoms with Crippen molar-refractivity contribution in [3.05, 3.63) is 0 Å².